The van der Waals surface area contributed by atoms with Crippen molar-refractivity contribution in [2.45, 2.75) is 38.6 Å². The molecule has 0 aromatic heterocycles. The molecule has 3 nitrogen and oxygen atoms in total. The summed E-state index contributed by atoms with van der Waals surface area (Å²) in [6.45, 7) is 3.08. The van der Waals surface area contributed by atoms with Gasteiger partial charge in [0.05, 0.1) is 19.5 Å². The van der Waals surface area contributed by atoms with Gasteiger partial charge in [0, 0.05) is 17.7 Å². The fraction of sp³-hybridized carbons (Fsp3) is 0.381. The molecule has 0 spiro atoms. The number of benzene rings is 2. The van der Waals surface area contributed by atoms with E-state index in [2.05, 4.69) is 41.7 Å². The number of aryl methyl sites for hydroxylation is 2. The Labute approximate surface area is 143 Å². The number of hydrogen-bond acceptors (Lipinski definition) is 1. The van der Waals surface area contributed by atoms with E-state index in [0.29, 0.717) is 6.42 Å². The molecule has 2 N–H and O–H groups in total. The second kappa shape index (κ2) is 6.78. The summed E-state index contributed by atoms with van der Waals surface area (Å²) in [6, 6.07) is 15.1. The van der Waals surface area contributed by atoms with E-state index in [1.165, 1.54) is 40.0 Å². The molecule has 1 unspecified atom stereocenters. The molecular weight excluding hydrogens is 296 g/mol. The maximum Gasteiger partial charge on any atom is 0.230 e. The number of carbonyl (C=O) groups is 1. The Balaban J connectivity index is 1.30. The van der Waals surface area contributed by atoms with Crippen LogP contribution >= 0.6 is 0 Å². The van der Waals surface area contributed by atoms with E-state index in [0.717, 1.165) is 38.2 Å². The van der Waals surface area contributed by atoms with Crippen molar-refractivity contribution in [1.82, 2.24) is 0 Å². The van der Waals surface area contributed by atoms with Crippen LogP contribution in [0.1, 0.15) is 35.1 Å². The molecule has 0 fully saturated rings. The van der Waals surface area contributed by atoms with Gasteiger partial charge in [-0.1, -0.05) is 30.3 Å². The highest BCUT2D eigenvalue weighted by atomic mass is 16.1. The van der Waals surface area contributed by atoms with Crippen molar-refractivity contribution in [3.8, 4) is 0 Å². The van der Waals surface area contributed by atoms with Crippen molar-refractivity contribution in [3.63, 3.8) is 0 Å². The van der Waals surface area contributed by atoms with Crippen LogP contribution in [0.15, 0.2) is 42.5 Å². The van der Waals surface area contributed by atoms with Crippen molar-refractivity contribution >= 4 is 11.6 Å². The first kappa shape index (κ1) is 15.4. The molecule has 0 saturated heterocycles. The lowest BCUT2D eigenvalue weighted by Crippen LogP contribution is -3.11. The number of quaternary nitrogens is 1. The van der Waals surface area contributed by atoms with Crippen LogP contribution < -0.4 is 10.2 Å². The smallest absolute Gasteiger partial charge is 0.230 e. The van der Waals surface area contributed by atoms with Crippen LogP contribution in [0.25, 0.3) is 0 Å². The Hall–Kier alpha value is -2.13. The molecule has 4 rings (SSSR count). The van der Waals surface area contributed by atoms with Gasteiger partial charge in [0.25, 0.3) is 0 Å². The van der Waals surface area contributed by atoms with E-state index in [4.69, 9.17) is 0 Å². The minimum atomic E-state index is 0.138. The van der Waals surface area contributed by atoms with Crippen LogP contribution in [-0.4, -0.2) is 19.0 Å². The van der Waals surface area contributed by atoms with E-state index < -0.39 is 0 Å². The molecule has 1 aliphatic heterocycles. The zero-order valence-electron chi connectivity index (χ0n) is 14.1. The molecule has 3 heteroatoms. The highest BCUT2D eigenvalue weighted by Gasteiger charge is 2.19. The van der Waals surface area contributed by atoms with E-state index in [1.807, 2.05) is 6.07 Å². The quantitative estimate of drug-likeness (QED) is 0.889. The second-order valence-electron chi connectivity index (χ2n) is 7.08. The van der Waals surface area contributed by atoms with Gasteiger partial charge in [-0.2, -0.15) is 0 Å². The summed E-state index contributed by atoms with van der Waals surface area (Å²) < 4.78 is 0. The van der Waals surface area contributed by atoms with Crippen LogP contribution in [0.2, 0.25) is 0 Å². The van der Waals surface area contributed by atoms with E-state index in [9.17, 15) is 4.79 Å². The number of rotatable bonds is 4. The van der Waals surface area contributed by atoms with Gasteiger partial charge < -0.3 is 10.2 Å². The normalized spacial score (nSPS) is 18.8. The first-order valence-electron chi connectivity index (χ1n) is 9.10. The maximum atomic E-state index is 12.3. The van der Waals surface area contributed by atoms with Crippen LogP contribution in [0.3, 0.4) is 0 Å². The Morgan fingerprint density at radius 2 is 1.75 bits per heavy atom. The SMILES string of the molecule is O=C(CC[NH+]1CCc2ccccc2C1)Nc1ccc2c(c1)CCC2. The summed E-state index contributed by atoms with van der Waals surface area (Å²) in [5, 5.41) is 3.08. The summed E-state index contributed by atoms with van der Waals surface area (Å²) in [5.41, 5.74) is 6.73. The molecule has 2 aromatic carbocycles. The predicted molar refractivity (Wildman–Crippen MR) is 96.3 cm³/mol. The highest BCUT2D eigenvalue weighted by Crippen LogP contribution is 2.24. The zero-order chi connectivity index (χ0) is 16.4. The maximum absolute atomic E-state index is 12.3. The third-order valence-corrected chi connectivity index (χ3v) is 5.39. The first-order valence-corrected chi connectivity index (χ1v) is 9.10. The number of hydrogen-bond donors (Lipinski definition) is 2. The van der Waals surface area contributed by atoms with Gasteiger partial charge in [0.15, 0.2) is 0 Å². The molecular formula is C21H25N2O+. The predicted octanol–water partition coefficient (Wildman–Crippen LogP) is 2.15. The lowest BCUT2D eigenvalue weighted by molar-refractivity contribution is -0.915. The molecule has 0 bridgehead atoms. The lowest BCUT2D eigenvalue weighted by Gasteiger charge is -2.25. The minimum absolute atomic E-state index is 0.138. The Kier molecular flexibility index (Phi) is 4.35. The minimum Gasteiger partial charge on any atom is -0.330 e. The van der Waals surface area contributed by atoms with Crippen molar-refractivity contribution in [1.29, 1.82) is 0 Å². The number of fused-ring (bicyclic) bond motifs is 2. The van der Waals surface area contributed by atoms with Gasteiger partial charge in [0.2, 0.25) is 5.91 Å². The van der Waals surface area contributed by atoms with E-state index in [-0.39, 0.29) is 5.91 Å². The molecule has 2 aromatic rings. The van der Waals surface area contributed by atoms with Crippen molar-refractivity contribution in [3.05, 3.63) is 64.7 Å². The zero-order valence-corrected chi connectivity index (χ0v) is 14.1. The average molecular weight is 321 g/mol. The molecule has 1 aliphatic carbocycles. The van der Waals surface area contributed by atoms with Crippen molar-refractivity contribution in [2.24, 2.45) is 0 Å². The summed E-state index contributed by atoms with van der Waals surface area (Å²) in [6.07, 6.45) is 5.29. The third kappa shape index (κ3) is 3.36. The molecule has 124 valence electrons. The largest absolute Gasteiger partial charge is 0.330 e. The Morgan fingerprint density at radius 3 is 2.67 bits per heavy atom. The van der Waals surface area contributed by atoms with E-state index in [1.54, 1.807) is 0 Å². The summed E-state index contributed by atoms with van der Waals surface area (Å²) >= 11 is 0. The molecule has 24 heavy (non-hydrogen) atoms. The summed E-state index contributed by atoms with van der Waals surface area (Å²) in [4.78, 5) is 13.8. The molecule has 1 heterocycles. The Morgan fingerprint density at radius 1 is 0.958 bits per heavy atom. The van der Waals surface area contributed by atoms with Crippen LogP contribution in [0, 0.1) is 0 Å². The first-order chi connectivity index (χ1) is 11.8. The molecule has 1 amide bonds. The van der Waals surface area contributed by atoms with Crippen LogP contribution in [-0.2, 0) is 30.6 Å². The van der Waals surface area contributed by atoms with Gasteiger partial charge in [-0.25, -0.2) is 0 Å². The summed E-state index contributed by atoms with van der Waals surface area (Å²) in [7, 11) is 0. The lowest BCUT2D eigenvalue weighted by atomic mass is 10.00. The van der Waals surface area contributed by atoms with Gasteiger partial charge in [-0.15, -0.1) is 0 Å². The number of amides is 1. The fourth-order valence-electron chi connectivity index (χ4n) is 4.02. The topological polar surface area (TPSA) is 33.5 Å². The monoisotopic (exact) mass is 321 g/mol. The fourth-order valence-corrected chi connectivity index (χ4v) is 4.02. The van der Waals surface area contributed by atoms with Gasteiger partial charge >= 0.3 is 0 Å². The number of nitrogens with one attached hydrogen (secondary N) is 2. The van der Waals surface area contributed by atoms with Gasteiger partial charge in [-0.3, -0.25) is 4.79 Å². The van der Waals surface area contributed by atoms with Crippen molar-refractivity contribution < 1.29 is 9.69 Å². The number of carbonyl (C=O) groups excluding carboxylic acids is 1. The highest BCUT2D eigenvalue weighted by molar-refractivity contribution is 5.90. The van der Waals surface area contributed by atoms with Crippen LogP contribution in [0.4, 0.5) is 5.69 Å². The van der Waals surface area contributed by atoms with Gasteiger partial charge in [0.1, 0.15) is 6.54 Å². The third-order valence-electron chi connectivity index (χ3n) is 5.39. The number of anilines is 1. The van der Waals surface area contributed by atoms with Crippen LogP contribution in [0.5, 0.6) is 0 Å². The summed E-state index contributed by atoms with van der Waals surface area (Å²) in [5.74, 6) is 0.138. The molecule has 2 aliphatic rings. The second-order valence-corrected chi connectivity index (χ2v) is 7.08. The standard InChI is InChI=1S/C21H24N2O/c24-21(22-20-9-8-16-6-3-7-18(16)14-20)11-13-23-12-10-17-4-1-2-5-19(17)15-23/h1-2,4-5,8-9,14H,3,6-7,10-13,15H2,(H,22,24)/p+1. The molecule has 0 saturated carbocycles. The molecule has 1 atom stereocenters. The average Bonchev–Trinajstić information content (AvgIpc) is 3.07. The molecule has 0 radical (unpaired) electrons. The van der Waals surface area contributed by atoms with Gasteiger partial charge in [-0.05, 0) is 48.1 Å². The van der Waals surface area contributed by atoms with E-state index >= 15 is 0 Å². The Bertz CT molecular complexity index is 753. The van der Waals surface area contributed by atoms with Crippen molar-refractivity contribution in [2.75, 3.05) is 18.4 Å².